The normalized spacial score (nSPS) is 15.7. The van der Waals surface area contributed by atoms with E-state index in [0.717, 1.165) is 0 Å². The topological polar surface area (TPSA) is 91.9 Å². The van der Waals surface area contributed by atoms with E-state index in [0.29, 0.717) is 12.2 Å². The van der Waals surface area contributed by atoms with E-state index in [2.05, 4.69) is 14.7 Å². The molecular weight excluding hydrogens is 262 g/mol. The summed E-state index contributed by atoms with van der Waals surface area (Å²) < 4.78 is 37.2. The minimum atomic E-state index is -3.60. The number of sulfonamides is 1. The minimum Gasteiger partial charge on any atom is -0.332 e. The Morgan fingerprint density at radius 2 is 2.24 bits per heavy atom. The molecule has 6 nitrogen and oxygen atoms in total. The van der Waals surface area contributed by atoms with Crippen LogP contribution in [0.5, 0.6) is 0 Å². The molecule has 17 heavy (non-hydrogen) atoms. The minimum absolute atomic E-state index is 0.0445. The number of nitrogens with one attached hydrogen (secondary N) is 2. The van der Waals surface area contributed by atoms with Crippen molar-refractivity contribution in [2.75, 3.05) is 12.0 Å². The first kappa shape index (κ1) is 14.3. The average Bonchev–Trinajstić information content (AvgIpc) is 2.63. The molecule has 1 heterocycles. The number of aryl methyl sites for hydroxylation is 1. The van der Waals surface area contributed by atoms with Crippen molar-refractivity contribution in [3.05, 3.63) is 12.0 Å². The lowest BCUT2D eigenvalue weighted by atomic mass is 10.4. The van der Waals surface area contributed by atoms with Crippen molar-refractivity contribution >= 4 is 20.8 Å². The maximum absolute atomic E-state index is 11.9. The molecule has 1 aromatic rings. The Kier molecular flexibility index (Phi) is 4.84. The summed E-state index contributed by atoms with van der Waals surface area (Å²) in [7, 11) is -4.63. The second-order valence-electron chi connectivity index (χ2n) is 3.81. The van der Waals surface area contributed by atoms with Gasteiger partial charge in [-0.25, -0.2) is 18.1 Å². The van der Waals surface area contributed by atoms with E-state index < -0.39 is 20.8 Å². The smallest absolute Gasteiger partial charge is 0.257 e. The Bertz CT molecular complexity index is 495. The van der Waals surface area contributed by atoms with Crippen LogP contribution in [0, 0.1) is 0 Å². The van der Waals surface area contributed by atoms with Crippen molar-refractivity contribution in [1.82, 2.24) is 14.7 Å². The molecule has 0 spiro atoms. The Balaban J connectivity index is 2.78. The molecule has 0 aliphatic heterocycles. The fourth-order valence-corrected chi connectivity index (χ4v) is 3.45. The van der Waals surface area contributed by atoms with Gasteiger partial charge in [-0.05, 0) is 6.92 Å². The van der Waals surface area contributed by atoms with Gasteiger partial charge < -0.3 is 4.98 Å². The fraction of sp³-hybridized carbons (Fsp3) is 0.667. The van der Waals surface area contributed by atoms with Crippen molar-refractivity contribution in [3.63, 3.8) is 0 Å². The first-order valence-electron chi connectivity index (χ1n) is 5.21. The number of hydrogen-bond donors (Lipinski definition) is 2. The molecule has 0 aromatic carbocycles. The van der Waals surface area contributed by atoms with Gasteiger partial charge in [0.1, 0.15) is 5.82 Å². The van der Waals surface area contributed by atoms with E-state index in [1.807, 2.05) is 6.92 Å². The van der Waals surface area contributed by atoms with Gasteiger partial charge in [0.15, 0.2) is 5.03 Å². The van der Waals surface area contributed by atoms with Crippen LogP contribution in [0.4, 0.5) is 0 Å². The summed E-state index contributed by atoms with van der Waals surface area (Å²) in [5, 5.41) is 0.0445. The third-order valence-corrected chi connectivity index (χ3v) is 4.54. The number of rotatable bonds is 6. The number of H-pyrrole nitrogens is 1. The van der Waals surface area contributed by atoms with Crippen LogP contribution < -0.4 is 4.72 Å². The summed E-state index contributed by atoms with van der Waals surface area (Å²) in [5.74, 6) is 0.908. The first-order chi connectivity index (χ1) is 7.85. The summed E-state index contributed by atoms with van der Waals surface area (Å²) in [6.07, 6.45) is 3.47. The third-order valence-electron chi connectivity index (χ3n) is 2.07. The number of hydrogen-bond acceptors (Lipinski definition) is 4. The number of aromatic amines is 1. The van der Waals surface area contributed by atoms with Crippen molar-refractivity contribution in [2.45, 2.75) is 31.3 Å². The van der Waals surface area contributed by atoms with Gasteiger partial charge in [0.25, 0.3) is 10.0 Å². The fourth-order valence-electron chi connectivity index (χ4n) is 1.37. The second-order valence-corrected chi connectivity index (χ2v) is 6.97. The lowest BCUT2D eigenvalue weighted by molar-refractivity contribution is 0.566. The number of imidazole rings is 1. The van der Waals surface area contributed by atoms with E-state index in [1.54, 1.807) is 6.92 Å². The van der Waals surface area contributed by atoms with Crippen LogP contribution in [0.2, 0.25) is 0 Å². The van der Waals surface area contributed by atoms with Crippen LogP contribution in [0.1, 0.15) is 19.7 Å². The molecular formula is C9H17N3O3S2. The van der Waals surface area contributed by atoms with Crippen LogP contribution in [-0.2, 0) is 27.2 Å². The molecule has 2 atom stereocenters. The Morgan fingerprint density at radius 3 is 2.71 bits per heavy atom. The van der Waals surface area contributed by atoms with Gasteiger partial charge in [-0.2, -0.15) is 0 Å². The lowest BCUT2D eigenvalue weighted by Crippen LogP contribution is -2.36. The largest absolute Gasteiger partial charge is 0.332 e. The molecule has 2 unspecified atom stereocenters. The molecule has 1 aromatic heterocycles. The van der Waals surface area contributed by atoms with Gasteiger partial charge in [-0.15, -0.1) is 0 Å². The quantitative estimate of drug-likeness (QED) is 0.767. The molecule has 98 valence electrons. The Hall–Kier alpha value is -0.730. The highest BCUT2D eigenvalue weighted by atomic mass is 32.2. The van der Waals surface area contributed by atoms with Crippen molar-refractivity contribution in [1.29, 1.82) is 0 Å². The predicted octanol–water partition coefficient (Wildman–Crippen LogP) is 0.0174. The highest BCUT2D eigenvalue weighted by Gasteiger charge is 2.20. The molecule has 0 bridgehead atoms. The van der Waals surface area contributed by atoms with E-state index >= 15 is 0 Å². The molecule has 0 aliphatic carbocycles. The third kappa shape index (κ3) is 4.21. The van der Waals surface area contributed by atoms with Gasteiger partial charge >= 0.3 is 0 Å². The van der Waals surface area contributed by atoms with Gasteiger partial charge in [0.05, 0.1) is 6.20 Å². The zero-order valence-corrected chi connectivity index (χ0v) is 11.7. The Labute approximate surface area is 104 Å². The molecule has 0 saturated heterocycles. The number of nitrogens with zero attached hydrogens (tertiary/aromatic N) is 1. The monoisotopic (exact) mass is 279 g/mol. The summed E-state index contributed by atoms with van der Waals surface area (Å²) in [4.78, 5) is 6.66. The van der Waals surface area contributed by atoms with E-state index in [4.69, 9.17) is 0 Å². The van der Waals surface area contributed by atoms with Gasteiger partial charge in [-0.3, -0.25) is 4.21 Å². The highest BCUT2D eigenvalue weighted by Crippen LogP contribution is 2.06. The summed E-state index contributed by atoms with van der Waals surface area (Å²) >= 11 is 0. The van der Waals surface area contributed by atoms with Crippen molar-refractivity contribution in [3.8, 4) is 0 Å². The molecule has 0 saturated carbocycles. The van der Waals surface area contributed by atoms with Crippen molar-refractivity contribution < 1.29 is 12.6 Å². The van der Waals surface area contributed by atoms with Gasteiger partial charge in [0.2, 0.25) is 0 Å². The van der Waals surface area contributed by atoms with Gasteiger partial charge in [0, 0.05) is 35.3 Å². The van der Waals surface area contributed by atoms with E-state index in [1.165, 1.54) is 12.5 Å². The molecule has 2 N–H and O–H groups in total. The maximum atomic E-state index is 11.9. The Morgan fingerprint density at radius 1 is 1.59 bits per heavy atom. The van der Waals surface area contributed by atoms with E-state index in [-0.39, 0.29) is 16.8 Å². The zero-order chi connectivity index (χ0) is 13.1. The molecule has 0 radical (unpaired) electrons. The number of aromatic nitrogens is 2. The molecule has 8 heteroatoms. The van der Waals surface area contributed by atoms with Crippen LogP contribution in [-0.4, -0.2) is 40.6 Å². The van der Waals surface area contributed by atoms with E-state index in [9.17, 15) is 12.6 Å². The lowest BCUT2D eigenvalue weighted by Gasteiger charge is -2.11. The van der Waals surface area contributed by atoms with Crippen LogP contribution in [0.3, 0.4) is 0 Å². The maximum Gasteiger partial charge on any atom is 0.257 e. The highest BCUT2D eigenvalue weighted by molar-refractivity contribution is 7.89. The zero-order valence-electron chi connectivity index (χ0n) is 10.1. The second kappa shape index (κ2) is 5.74. The average molecular weight is 279 g/mol. The standard InChI is InChI=1S/C9H17N3O3S2/c1-4-8-10-5-9(11-8)17(14,15)12-7(2)6-16(3)13/h5,7,12H,4,6H2,1-3H3,(H,10,11). The van der Waals surface area contributed by atoms with Crippen LogP contribution in [0.25, 0.3) is 0 Å². The summed E-state index contributed by atoms with van der Waals surface area (Å²) in [5.41, 5.74) is 0. The molecule has 1 rings (SSSR count). The van der Waals surface area contributed by atoms with Gasteiger partial charge in [-0.1, -0.05) is 6.92 Å². The van der Waals surface area contributed by atoms with Crippen LogP contribution in [0.15, 0.2) is 11.2 Å². The summed E-state index contributed by atoms with van der Waals surface area (Å²) in [6.45, 7) is 3.56. The van der Waals surface area contributed by atoms with Crippen LogP contribution >= 0.6 is 0 Å². The first-order valence-corrected chi connectivity index (χ1v) is 8.42. The SMILES string of the molecule is CCc1ncc(S(=O)(=O)NC(C)CS(C)=O)[nH]1. The summed E-state index contributed by atoms with van der Waals surface area (Å²) in [6, 6.07) is -0.376. The molecule has 0 aliphatic rings. The predicted molar refractivity (Wildman–Crippen MR) is 66.7 cm³/mol. The molecule has 0 amide bonds. The molecule has 0 fully saturated rings. The van der Waals surface area contributed by atoms with Crippen molar-refractivity contribution in [2.24, 2.45) is 0 Å².